The van der Waals surface area contributed by atoms with E-state index < -0.39 is 0 Å². The van der Waals surface area contributed by atoms with Crippen LogP contribution in [0.4, 0.5) is 0 Å². The second kappa shape index (κ2) is 10.4. The number of carbonyl (C=O) groups is 2. The first-order valence-corrected chi connectivity index (χ1v) is 14.2. The Kier molecular flexibility index (Phi) is 6.90. The molecule has 0 bridgehead atoms. The van der Waals surface area contributed by atoms with Crippen molar-refractivity contribution >= 4 is 11.8 Å². The van der Waals surface area contributed by atoms with Gasteiger partial charge in [0.2, 0.25) is 5.91 Å². The molecule has 2 aromatic rings. The first-order valence-electron chi connectivity index (χ1n) is 14.2. The molecule has 0 saturated carbocycles. The minimum absolute atomic E-state index is 0.00766. The molecule has 1 aromatic heterocycles. The van der Waals surface area contributed by atoms with E-state index in [0.29, 0.717) is 42.0 Å². The molecule has 0 N–H and O–H groups in total. The number of pyridine rings is 1. The molecule has 1 aromatic carbocycles. The van der Waals surface area contributed by atoms with Gasteiger partial charge in [-0.15, -0.1) is 0 Å². The number of ether oxygens (including phenoxy) is 1. The van der Waals surface area contributed by atoms with Gasteiger partial charge in [0.25, 0.3) is 5.91 Å². The van der Waals surface area contributed by atoms with Crippen LogP contribution in [0.1, 0.15) is 45.7 Å². The zero-order valence-corrected chi connectivity index (χ0v) is 22.9. The summed E-state index contributed by atoms with van der Waals surface area (Å²) in [5.41, 5.74) is 3.79. The molecule has 204 valence electrons. The third-order valence-corrected chi connectivity index (χ3v) is 9.45. The Balaban J connectivity index is 1.06. The van der Waals surface area contributed by atoms with Gasteiger partial charge in [0.15, 0.2) is 0 Å². The topological polar surface area (TPSA) is 89.8 Å². The van der Waals surface area contributed by atoms with Gasteiger partial charge in [0.1, 0.15) is 11.8 Å². The Hall–Kier alpha value is -3.28. The maximum absolute atomic E-state index is 13.4. The van der Waals surface area contributed by atoms with E-state index in [1.165, 1.54) is 5.56 Å². The normalized spacial score (nSPS) is 25.8. The number of likely N-dealkylation sites (tertiary alicyclic amines) is 3. The average Bonchev–Trinajstić information content (AvgIpc) is 3.65. The van der Waals surface area contributed by atoms with Crippen LogP contribution in [-0.4, -0.2) is 90.5 Å². The fourth-order valence-corrected chi connectivity index (χ4v) is 7.29. The van der Waals surface area contributed by atoms with Crippen LogP contribution in [0, 0.1) is 42.9 Å². The van der Waals surface area contributed by atoms with Gasteiger partial charge in [0.05, 0.1) is 23.8 Å². The number of carbonyl (C=O) groups excluding carboxylic acids is 2. The third kappa shape index (κ3) is 4.83. The average molecular weight is 528 g/mol. The lowest BCUT2D eigenvalue weighted by Crippen LogP contribution is -2.63. The quantitative estimate of drug-likeness (QED) is 0.574. The zero-order valence-electron chi connectivity index (χ0n) is 22.9. The van der Waals surface area contributed by atoms with Gasteiger partial charge in [-0.25, -0.2) is 4.98 Å². The van der Waals surface area contributed by atoms with Crippen molar-refractivity contribution in [1.82, 2.24) is 19.7 Å². The summed E-state index contributed by atoms with van der Waals surface area (Å²) in [5.74, 6) is 1.28. The van der Waals surface area contributed by atoms with Crippen LogP contribution in [0.3, 0.4) is 0 Å². The molecule has 2 amide bonds. The molecule has 4 saturated heterocycles. The van der Waals surface area contributed by atoms with Crippen molar-refractivity contribution < 1.29 is 14.3 Å². The molecular weight excluding hydrogens is 490 g/mol. The SMILES string of the molecule is Cc1cc(C#N)nc(C)c1C(=O)N1CC2CN(CCC3(c4ccccc4)CN(C(=O)C4CCOC4)C3)CC2C1. The number of amides is 2. The van der Waals surface area contributed by atoms with Crippen molar-refractivity contribution in [2.45, 2.75) is 32.1 Å². The number of nitrogens with zero attached hydrogens (tertiary/aromatic N) is 5. The van der Waals surface area contributed by atoms with E-state index in [9.17, 15) is 14.9 Å². The van der Waals surface area contributed by atoms with Gasteiger partial charge in [0, 0.05) is 51.3 Å². The highest BCUT2D eigenvalue weighted by atomic mass is 16.5. The van der Waals surface area contributed by atoms with E-state index >= 15 is 0 Å². The second-order valence-corrected chi connectivity index (χ2v) is 12.0. The van der Waals surface area contributed by atoms with E-state index in [4.69, 9.17) is 4.74 Å². The van der Waals surface area contributed by atoms with Crippen LogP contribution in [-0.2, 0) is 14.9 Å². The maximum atomic E-state index is 13.4. The van der Waals surface area contributed by atoms with Crippen molar-refractivity contribution in [3.05, 3.63) is 64.5 Å². The van der Waals surface area contributed by atoms with E-state index in [1.54, 1.807) is 6.07 Å². The molecular formula is C31H37N5O3. The van der Waals surface area contributed by atoms with E-state index in [2.05, 4.69) is 46.3 Å². The fourth-order valence-electron chi connectivity index (χ4n) is 7.29. The highest BCUT2D eigenvalue weighted by Crippen LogP contribution is 2.40. The molecule has 8 nitrogen and oxygen atoms in total. The molecule has 3 unspecified atom stereocenters. The summed E-state index contributed by atoms with van der Waals surface area (Å²) >= 11 is 0. The van der Waals surface area contributed by atoms with Crippen LogP contribution in [0.2, 0.25) is 0 Å². The maximum Gasteiger partial charge on any atom is 0.255 e. The summed E-state index contributed by atoms with van der Waals surface area (Å²) in [5, 5.41) is 9.19. The fraction of sp³-hybridized carbons (Fsp3) is 0.548. The number of aryl methyl sites for hydroxylation is 2. The molecule has 3 atom stereocenters. The van der Waals surface area contributed by atoms with Crippen LogP contribution >= 0.6 is 0 Å². The molecule has 0 spiro atoms. The standard InChI is InChI=1S/C31H37N5O3/c1-21-12-27(13-32)33-22(2)28(21)30(38)35-16-24-14-34(15-25(24)17-35)10-9-31(26-6-4-3-5-7-26)19-36(20-31)29(37)23-8-11-39-18-23/h3-7,12,23-25H,8-11,14-20H2,1-2H3. The van der Waals surface area contributed by atoms with Gasteiger partial charge in [-0.3, -0.25) is 9.59 Å². The molecule has 4 aliphatic rings. The predicted octanol–water partition coefficient (Wildman–Crippen LogP) is 2.78. The highest BCUT2D eigenvalue weighted by Gasteiger charge is 2.49. The van der Waals surface area contributed by atoms with Crippen LogP contribution in [0.15, 0.2) is 36.4 Å². The summed E-state index contributed by atoms with van der Waals surface area (Å²) in [7, 11) is 0. The molecule has 39 heavy (non-hydrogen) atoms. The lowest BCUT2D eigenvalue weighted by Gasteiger charge is -2.52. The van der Waals surface area contributed by atoms with Gasteiger partial charge < -0.3 is 19.4 Å². The molecule has 4 aliphatic heterocycles. The molecule has 4 fully saturated rings. The van der Waals surface area contributed by atoms with Gasteiger partial charge in [-0.1, -0.05) is 30.3 Å². The summed E-state index contributed by atoms with van der Waals surface area (Å²) in [6.07, 6.45) is 1.86. The molecule has 0 aliphatic carbocycles. The lowest BCUT2D eigenvalue weighted by atomic mass is 9.70. The number of aromatic nitrogens is 1. The smallest absolute Gasteiger partial charge is 0.255 e. The highest BCUT2D eigenvalue weighted by molar-refractivity contribution is 5.97. The van der Waals surface area contributed by atoms with Gasteiger partial charge in [-0.2, -0.15) is 5.26 Å². The number of nitriles is 1. The van der Waals surface area contributed by atoms with Gasteiger partial charge in [-0.05, 0) is 62.3 Å². The Morgan fingerprint density at radius 1 is 1.08 bits per heavy atom. The van der Waals surface area contributed by atoms with Crippen LogP contribution < -0.4 is 0 Å². The molecule has 6 rings (SSSR count). The Bertz CT molecular complexity index is 1260. The number of hydrogen-bond acceptors (Lipinski definition) is 6. The summed E-state index contributed by atoms with van der Waals surface area (Å²) in [6.45, 7) is 11.1. The second-order valence-electron chi connectivity index (χ2n) is 12.0. The number of benzene rings is 1. The summed E-state index contributed by atoms with van der Waals surface area (Å²) in [4.78, 5) is 37.3. The zero-order chi connectivity index (χ0) is 27.1. The Morgan fingerprint density at radius 2 is 1.79 bits per heavy atom. The van der Waals surface area contributed by atoms with E-state index in [1.807, 2.05) is 23.6 Å². The molecule has 5 heterocycles. The van der Waals surface area contributed by atoms with E-state index in [0.717, 1.165) is 64.2 Å². The van der Waals surface area contributed by atoms with Crippen LogP contribution in [0.5, 0.6) is 0 Å². The van der Waals surface area contributed by atoms with Crippen molar-refractivity contribution in [2.75, 3.05) is 59.0 Å². The van der Waals surface area contributed by atoms with Crippen molar-refractivity contribution in [2.24, 2.45) is 17.8 Å². The first-order chi connectivity index (χ1) is 18.9. The van der Waals surface area contributed by atoms with Crippen molar-refractivity contribution in [3.8, 4) is 6.07 Å². The van der Waals surface area contributed by atoms with Gasteiger partial charge >= 0.3 is 0 Å². The summed E-state index contributed by atoms with van der Waals surface area (Å²) in [6, 6.07) is 14.5. The minimum Gasteiger partial charge on any atom is -0.381 e. The minimum atomic E-state index is 0.00766. The molecule has 0 radical (unpaired) electrons. The monoisotopic (exact) mass is 527 g/mol. The Labute approximate surface area is 230 Å². The first kappa shape index (κ1) is 26.0. The predicted molar refractivity (Wildman–Crippen MR) is 146 cm³/mol. The largest absolute Gasteiger partial charge is 0.381 e. The third-order valence-electron chi connectivity index (χ3n) is 9.45. The number of hydrogen-bond donors (Lipinski definition) is 0. The molecule has 8 heteroatoms. The van der Waals surface area contributed by atoms with Crippen molar-refractivity contribution in [3.63, 3.8) is 0 Å². The van der Waals surface area contributed by atoms with E-state index in [-0.39, 0.29) is 23.1 Å². The van der Waals surface area contributed by atoms with Crippen LogP contribution in [0.25, 0.3) is 0 Å². The summed E-state index contributed by atoms with van der Waals surface area (Å²) < 4.78 is 5.46. The Morgan fingerprint density at radius 3 is 2.41 bits per heavy atom. The number of rotatable bonds is 6. The van der Waals surface area contributed by atoms with Crippen molar-refractivity contribution in [1.29, 1.82) is 5.26 Å². The lowest BCUT2D eigenvalue weighted by molar-refractivity contribution is -0.144. The number of fused-ring (bicyclic) bond motifs is 1.